The fourth-order valence-electron chi connectivity index (χ4n) is 2.31. The van der Waals surface area contributed by atoms with Gasteiger partial charge in [0, 0.05) is 24.2 Å². The average Bonchev–Trinajstić information content (AvgIpc) is 2.94. The summed E-state index contributed by atoms with van der Waals surface area (Å²) in [5.74, 6) is -0.0485. The first-order valence-corrected chi connectivity index (χ1v) is 8.97. The summed E-state index contributed by atoms with van der Waals surface area (Å²) in [6, 6.07) is 7.73. The van der Waals surface area contributed by atoms with Crippen LogP contribution in [0.4, 0.5) is 5.69 Å². The lowest BCUT2D eigenvalue weighted by Gasteiger charge is -2.15. The van der Waals surface area contributed by atoms with Gasteiger partial charge in [-0.1, -0.05) is 18.2 Å². The number of hydrogen-bond acceptors (Lipinski definition) is 5. The number of nitrogens with zero attached hydrogens (tertiary/aromatic N) is 2. The highest BCUT2D eigenvalue weighted by Gasteiger charge is 2.11. The number of aromatic nitrogens is 1. The highest BCUT2D eigenvalue weighted by molar-refractivity contribution is 7.09. The molecule has 1 aromatic carbocycles. The lowest BCUT2D eigenvalue weighted by Crippen LogP contribution is -2.22. The maximum atomic E-state index is 12.2. The van der Waals surface area contributed by atoms with Crippen LogP contribution < -0.4 is 5.32 Å². The van der Waals surface area contributed by atoms with Crippen molar-refractivity contribution in [1.29, 1.82) is 0 Å². The first-order valence-electron chi connectivity index (χ1n) is 8.09. The van der Waals surface area contributed by atoms with E-state index in [0.29, 0.717) is 0 Å². The summed E-state index contributed by atoms with van der Waals surface area (Å²) in [7, 11) is 2.01. The van der Waals surface area contributed by atoms with Crippen LogP contribution in [-0.2, 0) is 17.8 Å². The van der Waals surface area contributed by atoms with Crippen LogP contribution in [0, 0.1) is 6.92 Å². The third-order valence-electron chi connectivity index (χ3n) is 3.69. The van der Waals surface area contributed by atoms with E-state index in [4.69, 9.17) is 0 Å². The van der Waals surface area contributed by atoms with Crippen molar-refractivity contribution in [2.24, 2.45) is 0 Å². The molecule has 0 fully saturated rings. The van der Waals surface area contributed by atoms with Crippen LogP contribution in [0.1, 0.15) is 29.6 Å². The third-order valence-corrected chi connectivity index (χ3v) is 4.59. The third kappa shape index (κ3) is 6.03. The molecular formula is C18H25N3O2S. The van der Waals surface area contributed by atoms with Crippen molar-refractivity contribution >= 4 is 22.9 Å². The van der Waals surface area contributed by atoms with E-state index in [1.165, 1.54) is 11.3 Å². The number of aliphatic hydroxyl groups excluding tert-OH is 1. The van der Waals surface area contributed by atoms with Crippen molar-refractivity contribution < 1.29 is 9.90 Å². The van der Waals surface area contributed by atoms with Crippen LogP contribution in [0.15, 0.2) is 29.6 Å². The Labute approximate surface area is 147 Å². The Hall–Kier alpha value is -1.76. The lowest BCUT2D eigenvalue weighted by atomic mass is 10.2. The van der Waals surface area contributed by atoms with Gasteiger partial charge in [0.05, 0.1) is 18.2 Å². The molecule has 1 unspecified atom stereocenters. The highest BCUT2D eigenvalue weighted by Crippen LogP contribution is 2.16. The molecule has 1 atom stereocenters. The molecule has 6 heteroatoms. The van der Waals surface area contributed by atoms with Crippen LogP contribution >= 0.6 is 11.3 Å². The summed E-state index contributed by atoms with van der Waals surface area (Å²) >= 11 is 1.51. The largest absolute Gasteiger partial charge is 0.393 e. The van der Waals surface area contributed by atoms with Crippen LogP contribution in [0.25, 0.3) is 0 Å². The molecule has 2 rings (SSSR count). The van der Waals surface area contributed by atoms with Crippen molar-refractivity contribution in [2.75, 3.05) is 18.9 Å². The van der Waals surface area contributed by atoms with Crippen LogP contribution in [0.5, 0.6) is 0 Å². The van der Waals surface area contributed by atoms with E-state index in [1.54, 1.807) is 6.92 Å². The van der Waals surface area contributed by atoms with E-state index in [-0.39, 0.29) is 18.4 Å². The molecule has 0 spiro atoms. The summed E-state index contributed by atoms with van der Waals surface area (Å²) in [5.41, 5.74) is 2.86. The number of rotatable bonds is 8. The van der Waals surface area contributed by atoms with E-state index in [0.717, 1.165) is 41.5 Å². The number of anilines is 1. The Morgan fingerprint density at radius 3 is 2.88 bits per heavy atom. The van der Waals surface area contributed by atoms with Crippen molar-refractivity contribution in [2.45, 2.75) is 39.3 Å². The zero-order valence-corrected chi connectivity index (χ0v) is 15.3. The minimum atomic E-state index is -0.288. The molecule has 2 aromatic rings. The normalized spacial score (nSPS) is 12.4. The van der Waals surface area contributed by atoms with Gasteiger partial charge in [0.25, 0.3) is 0 Å². The molecule has 0 aliphatic rings. The second-order valence-electron chi connectivity index (χ2n) is 6.15. The summed E-state index contributed by atoms with van der Waals surface area (Å²) in [5, 5.41) is 15.1. The second-order valence-corrected chi connectivity index (χ2v) is 7.09. The molecule has 0 aliphatic carbocycles. The predicted molar refractivity (Wildman–Crippen MR) is 98.3 cm³/mol. The molecule has 5 nitrogen and oxygen atoms in total. The number of carbonyl (C=O) groups excluding carboxylic acids is 1. The zero-order valence-electron chi connectivity index (χ0n) is 14.5. The van der Waals surface area contributed by atoms with Gasteiger partial charge in [0.1, 0.15) is 5.01 Å². The number of aryl methyl sites for hydroxylation is 1. The molecule has 0 saturated carbocycles. The number of nitrogens with one attached hydrogen (secondary N) is 1. The van der Waals surface area contributed by atoms with Gasteiger partial charge in [-0.15, -0.1) is 11.3 Å². The van der Waals surface area contributed by atoms with E-state index >= 15 is 0 Å². The molecule has 0 bridgehead atoms. The summed E-state index contributed by atoms with van der Waals surface area (Å²) in [4.78, 5) is 18.8. The fourth-order valence-corrected chi connectivity index (χ4v) is 3.09. The molecule has 130 valence electrons. The van der Waals surface area contributed by atoms with Gasteiger partial charge in [-0.3, -0.25) is 4.79 Å². The van der Waals surface area contributed by atoms with Crippen molar-refractivity contribution in [1.82, 2.24) is 9.88 Å². The van der Waals surface area contributed by atoms with E-state index in [1.807, 2.05) is 43.6 Å². The Bertz CT molecular complexity index is 670. The zero-order chi connectivity index (χ0) is 17.5. The molecular weight excluding hydrogens is 322 g/mol. The average molecular weight is 347 g/mol. The molecule has 1 aromatic heterocycles. The van der Waals surface area contributed by atoms with Crippen molar-refractivity contribution in [3.8, 4) is 0 Å². The number of hydrogen-bond donors (Lipinski definition) is 2. The fraction of sp³-hybridized carbons (Fsp3) is 0.444. The quantitative estimate of drug-likeness (QED) is 0.771. The molecule has 1 heterocycles. The number of carbonyl (C=O) groups is 1. The number of amides is 1. The molecule has 24 heavy (non-hydrogen) atoms. The smallest absolute Gasteiger partial charge is 0.231 e. The molecule has 0 radical (unpaired) electrons. The topological polar surface area (TPSA) is 65.5 Å². The first kappa shape index (κ1) is 18.6. The Balaban J connectivity index is 1.84. The maximum absolute atomic E-state index is 12.2. The van der Waals surface area contributed by atoms with Gasteiger partial charge in [-0.05, 0) is 38.9 Å². The van der Waals surface area contributed by atoms with E-state index < -0.39 is 0 Å². The number of benzene rings is 1. The Morgan fingerprint density at radius 1 is 1.42 bits per heavy atom. The lowest BCUT2D eigenvalue weighted by molar-refractivity contribution is -0.115. The van der Waals surface area contributed by atoms with Gasteiger partial charge in [-0.2, -0.15) is 0 Å². The monoisotopic (exact) mass is 347 g/mol. The minimum absolute atomic E-state index is 0.0485. The highest BCUT2D eigenvalue weighted by atomic mass is 32.1. The minimum Gasteiger partial charge on any atom is -0.393 e. The molecule has 0 aliphatic heterocycles. The van der Waals surface area contributed by atoms with E-state index in [9.17, 15) is 9.90 Å². The molecule has 2 N–H and O–H groups in total. The van der Waals surface area contributed by atoms with Gasteiger partial charge in [0.2, 0.25) is 5.91 Å². The van der Waals surface area contributed by atoms with E-state index in [2.05, 4.69) is 15.2 Å². The standard InChI is InChI=1S/C18H25N3O2S/c1-13-6-4-5-7-16(13)20-17(23)10-18-19-15(12-24-18)11-21(3)9-8-14(2)22/h4-7,12,14,22H,8-11H2,1-3H3,(H,20,23). The van der Waals surface area contributed by atoms with Crippen LogP contribution in [0.2, 0.25) is 0 Å². The Kier molecular flexibility index (Phi) is 6.90. The number of aliphatic hydroxyl groups is 1. The van der Waals surface area contributed by atoms with Crippen LogP contribution in [0.3, 0.4) is 0 Å². The second kappa shape index (κ2) is 8.92. The van der Waals surface area contributed by atoms with Gasteiger partial charge in [-0.25, -0.2) is 4.98 Å². The maximum Gasteiger partial charge on any atom is 0.231 e. The van der Waals surface area contributed by atoms with Crippen molar-refractivity contribution in [3.05, 3.63) is 45.9 Å². The predicted octanol–water partition coefficient (Wildman–Crippen LogP) is 2.84. The number of para-hydroxylation sites is 1. The Morgan fingerprint density at radius 2 is 2.17 bits per heavy atom. The van der Waals surface area contributed by atoms with Gasteiger partial charge in [0.15, 0.2) is 0 Å². The van der Waals surface area contributed by atoms with Gasteiger partial charge < -0.3 is 15.3 Å². The molecule has 0 saturated heterocycles. The van der Waals surface area contributed by atoms with Gasteiger partial charge >= 0.3 is 0 Å². The SMILES string of the molecule is Cc1ccccc1NC(=O)Cc1nc(CN(C)CCC(C)O)cs1. The van der Waals surface area contributed by atoms with Crippen molar-refractivity contribution in [3.63, 3.8) is 0 Å². The van der Waals surface area contributed by atoms with Crippen LogP contribution in [-0.4, -0.2) is 40.6 Å². The summed E-state index contributed by atoms with van der Waals surface area (Å²) in [6.45, 7) is 5.31. The number of thiazole rings is 1. The summed E-state index contributed by atoms with van der Waals surface area (Å²) in [6.07, 6.45) is 0.742. The molecule has 1 amide bonds. The summed E-state index contributed by atoms with van der Waals surface area (Å²) < 4.78 is 0. The first-order chi connectivity index (χ1) is 11.4.